The zero-order chi connectivity index (χ0) is 31.5. The number of hydrogen-bond acceptors (Lipinski definition) is 11. The van der Waals surface area contributed by atoms with E-state index in [1.54, 1.807) is 83.1 Å². The second-order valence-corrected chi connectivity index (χ2v) is 6.29. The predicted octanol–water partition coefficient (Wildman–Crippen LogP) is -2.31. The molecule has 0 aromatic rings. The van der Waals surface area contributed by atoms with Crippen LogP contribution in [-0.4, -0.2) is 36.6 Å². The second kappa shape index (κ2) is 121. The van der Waals surface area contributed by atoms with E-state index in [2.05, 4.69) is 0 Å². The molecule has 0 aliphatic carbocycles. The molecule has 217 valence electrons. The summed E-state index contributed by atoms with van der Waals surface area (Å²) in [6.07, 6.45) is -2.50. The van der Waals surface area contributed by atoms with Crippen LogP contribution in [0.25, 0.3) is 0 Å². The van der Waals surface area contributed by atoms with Crippen molar-refractivity contribution in [2.24, 2.45) is 0 Å². The van der Waals surface area contributed by atoms with Crippen molar-refractivity contribution in [3.05, 3.63) is 0 Å². The molecule has 0 radical (unpaired) electrons. The van der Waals surface area contributed by atoms with Gasteiger partial charge in [0.25, 0.3) is 0 Å². The molecule has 0 aliphatic rings. The summed E-state index contributed by atoms with van der Waals surface area (Å²) < 4.78 is 40.9. The van der Waals surface area contributed by atoms with Crippen molar-refractivity contribution in [3.8, 4) is 0 Å². The van der Waals surface area contributed by atoms with Crippen LogP contribution in [0.4, 0.5) is 0 Å². The van der Waals surface area contributed by atoms with Crippen molar-refractivity contribution < 1.29 is 147 Å². The van der Waals surface area contributed by atoms with E-state index in [1.165, 1.54) is 0 Å². The van der Waals surface area contributed by atoms with Crippen LogP contribution in [0, 0.1) is 0 Å². The summed E-state index contributed by atoms with van der Waals surface area (Å²) in [6.45, 7) is 19.3. The Balaban J connectivity index is -0.0000000148. The summed E-state index contributed by atoms with van der Waals surface area (Å²) in [4.78, 5) is 0. The molecule has 0 saturated heterocycles. The van der Waals surface area contributed by atoms with Crippen LogP contribution in [-0.2, 0) is 116 Å². The summed E-state index contributed by atoms with van der Waals surface area (Å²) >= 11 is 5.31. The Kier molecular flexibility index (Phi) is 279. The molecule has 0 atom stereocenters. The molecule has 0 aromatic carbocycles. The fraction of sp³-hybridized carbons (Fsp3) is 1.00. The van der Waals surface area contributed by atoms with E-state index >= 15 is 0 Å². The van der Waals surface area contributed by atoms with Gasteiger partial charge in [-0.05, 0) is 0 Å². The first-order valence-corrected chi connectivity index (χ1v) is 12.1. The van der Waals surface area contributed by atoms with E-state index in [-0.39, 0.29) is 11.0 Å². The molecule has 0 unspecified atom stereocenters. The van der Waals surface area contributed by atoms with Gasteiger partial charge < -0.3 is 41.6 Å². The fourth-order valence-corrected chi connectivity index (χ4v) is 0. The molecule has 13 nitrogen and oxygen atoms in total. The molecule has 0 spiro atoms. The van der Waals surface area contributed by atoms with E-state index < -0.39 is 36.6 Å². The summed E-state index contributed by atoms with van der Waals surface area (Å²) in [5.74, 6) is 0. The van der Waals surface area contributed by atoms with Crippen LogP contribution < -0.4 is 30.6 Å². The Morgan fingerprint density at radius 2 is 0.278 bits per heavy atom. The maximum absolute atomic E-state index is 9.53. The van der Waals surface area contributed by atoms with E-state index in [1.807, 2.05) is 0 Å². The van der Waals surface area contributed by atoms with Crippen molar-refractivity contribution in [2.75, 3.05) is 0 Å². The topological polar surface area (TPSA) is 281 Å². The Bertz CT molecular complexity index is 173. The molecule has 0 aromatic heterocycles. The van der Waals surface area contributed by atoms with Crippen LogP contribution >= 0.6 is 0 Å². The molecule has 36 heavy (non-hydrogen) atoms. The standard InChI is InChI=1S/6C3H7O.7O.5V/c6*1-3(2)4;;;;;;;;;;;;/h6*3H,1-2H3;;;;;;;;;;;;/q6*-1;;;;;;2*-2;5*+2. The van der Waals surface area contributed by atoms with Crippen molar-refractivity contribution in [1.29, 1.82) is 0 Å². The first-order valence-electron chi connectivity index (χ1n) is 9.26. The minimum absolute atomic E-state index is 0. The maximum atomic E-state index is 9.53. The Morgan fingerprint density at radius 1 is 0.278 bits per heavy atom. The number of rotatable bonds is 0. The Labute approximate surface area is 264 Å². The third kappa shape index (κ3) is 16600. The first-order chi connectivity index (χ1) is 15.4. The summed E-state index contributed by atoms with van der Waals surface area (Å²) in [7, 11) is 0. The molecular weight excluding hydrogens is 679 g/mol. The molecule has 0 amide bonds. The molecule has 0 bridgehead atoms. The van der Waals surface area contributed by atoms with Gasteiger partial charge in [-0.15, -0.1) is 36.6 Å². The first kappa shape index (κ1) is 83.2. The summed E-state index contributed by atoms with van der Waals surface area (Å²) in [5.41, 5.74) is 0. The van der Waals surface area contributed by atoms with E-state index in [9.17, 15) is 30.6 Å². The quantitative estimate of drug-likeness (QED) is 0.256. The normalized spacial score (nSPS) is 6.83. The monoisotopic (exact) mass is 721 g/mol. The van der Waals surface area contributed by atoms with Gasteiger partial charge in [0, 0.05) is 0 Å². The van der Waals surface area contributed by atoms with Crippen molar-refractivity contribution in [2.45, 2.75) is 120 Å². The zero-order valence-electron chi connectivity index (χ0n) is 23.0. The molecule has 0 rings (SSSR count). The van der Waals surface area contributed by atoms with Crippen LogP contribution in [0.3, 0.4) is 0 Å². The van der Waals surface area contributed by atoms with Crippen molar-refractivity contribution in [1.82, 2.24) is 0 Å². The minimum atomic E-state index is -0.417. The predicted molar refractivity (Wildman–Crippen MR) is 95.6 cm³/mol. The molecule has 0 aliphatic heterocycles. The summed E-state index contributed by atoms with van der Waals surface area (Å²) in [5, 5.41) is 57.2. The fourth-order valence-electron chi connectivity index (χ4n) is 0. The molecule has 0 fully saturated rings. The van der Waals surface area contributed by atoms with Gasteiger partial charge in [0.2, 0.25) is 0 Å². The third-order valence-corrected chi connectivity index (χ3v) is 0. The van der Waals surface area contributed by atoms with Crippen LogP contribution in [0.15, 0.2) is 0 Å². The molecule has 18 heteroatoms. The van der Waals surface area contributed by atoms with E-state index in [0.29, 0.717) is 0 Å². The van der Waals surface area contributed by atoms with Gasteiger partial charge in [0.1, 0.15) is 0 Å². The van der Waals surface area contributed by atoms with Crippen LogP contribution in [0.2, 0.25) is 0 Å². The Hall–Kier alpha value is 1.60. The van der Waals surface area contributed by atoms with Crippen LogP contribution in [0.1, 0.15) is 83.1 Å². The molecule has 0 heterocycles. The van der Waals surface area contributed by atoms with Gasteiger partial charge in [0.15, 0.2) is 0 Å². The summed E-state index contributed by atoms with van der Waals surface area (Å²) in [6, 6.07) is 0. The van der Waals surface area contributed by atoms with Crippen molar-refractivity contribution >= 4 is 0 Å². The van der Waals surface area contributed by atoms with Gasteiger partial charge in [-0.3, -0.25) is 0 Å². The van der Waals surface area contributed by atoms with Gasteiger partial charge in [-0.25, -0.2) is 0 Å². The van der Waals surface area contributed by atoms with E-state index in [4.69, 9.17) is 18.4 Å². The van der Waals surface area contributed by atoms with Gasteiger partial charge in [-0.1, -0.05) is 83.1 Å². The van der Waals surface area contributed by atoms with E-state index in [0.717, 1.165) is 86.8 Å². The third-order valence-electron chi connectivity index (χ3n) is 0. The molecular formula is C18H42O13V5. The van der Waals surface area contributed by atoms with Gasteiger partial charge in [-0.2, -0.15) is 0 Å². The van der Waals surface area contributed by atoms with Gasteiger partial charge in [0.05, 0.1) is 0 Å². The van der Waals surface area contributed by atoms with Crippen LogP contribution in [0.5, 0.6) is 0 Å². The average Bonchev–Trinajstić information content (AvgIpc) is 2.67. The molecule has 0 N–H and O–H groups in total. The molecule has 0 saturated carbocycles. The van der Waals surface area contributed by atoms with Crippen molar-refractivity contribution in [3.63, 3.8) is 0 Å². The van der Waals surface area contributed by atoms with Gasteiger partial charge >= 0.3 is 105 Å². The Morgan fingerprint density at radius 3 is 0.278 bits per heavy atom. The average molecular weight is 721 g/mol. The second-order valence-electron chi connectivity index (χ2n) is 6.29. The number of hydrogen-bond donors (Lipinski definition) is 0. The zero-order valence-corrected chi connectivity index (χ0v) is 30.0. The SMILES string of the molecule is CC(C)[O-].CC(C)[O-].CC(C)[O-].CC(C)[O-].CC(C)[O-].CC(C)[O-].[O-2].[O-2].[O]=[V+2].[O]=[V+2].[O]=[V+2].[O]=[V+2].[O]=[V+2].